The van der Waals surface area contributed by atoms with Crippen LogP contribution in [0.2, 0.25) is 0 Å². The van der Waals surface area contributed by atoms with Crippen LogP contribution in [-0.4, -0.2) is 101 Å². The van der Waals surface area contributed by atoms with Crippen molar-refractivity contribution in [3.05, 3.63) is 59.2 Å². The van der Waals surface area contributed by atoms with Crippen molar-refractivity contribution in [2.75, 3.05) is 50.7 Å². The summed E-state index contributed by atoms with van der Waals surface area (Å²) in [4.78, 5) is 39.5. The lowest BCUT2D eigenvalue weighted by atomic mass is 9.88. The Morgan fingerprint density at radius 2 is 1.76 bits per heavy atom. The number of nitrogens with zero attached hydrogens (tertiary/aromatic N) is 5. The lowest BCUT2D eigenvalue weighted by Crippen LogP contribution is -2.65. The number of hydrogen-bond donors (Lipinski definition) is 1. The molecule has 4 unspecified atom stereocenters. The van der Waals surface area contributed by atoms with E-state index in [1.165, 1.54) is 12.1 Å². The summed E-state index contributed by atoms with van der Waals surface area (Å²) in [6.07, 6.45) is 2.50. The van der Waals surface area contributed by atoms with Crippen LogP contribution >= 0.6 is 0 Å². The van der Waals surface area contributed by atoms with Crippen LogP contribution in [0.5, 0.6) is 0 Å². The van der Waals surface area contributed by atoms with Gasteiger partial charge in [0.05, 0.1) is 12.2 Å². The Hall–Kier alpha value is -2.88. The molecule has 1 aromatic carbocycles. The third-order valence-corrected chi connectivity index (χ3v) is 9.15. The number of fused-ring (bicyclic) bond motifs is 1. The van der Waals surface area contributed by atoms with Crippen molar-refractivity contribution >= 4 is 17.5 Å². The molecule has 3 aliphatic heterocycles. The predicted octanol–water partition coefficient (Wildman–Crippen LogP) is 3.04. The average molecular weight is 565 g/mol. The second-order valence-corrected chi connectivity index (χ2v) is 13.1. The van der Waals surface area contributed by atoms with Gasteiger partial charge in [-0.05, 0) is 44.5 Å². The van der Waals surface area contributed by atoms with Gasteiger partial charge < -0.3 is 15.1 Å². The third-order valence-electron chi connectivity index (χ3n) is 9.15. The summed E-state index contributed by atoms with van der Waals surface area (Å²) in [5.74, 6) is -0.0112. The van der Waals surface area contributed by atoms with Crippen molar-refractivity contribution in [2.24, 2.45) is 0 Å². The Balaban J connectivity index is 1.31. The molecule has 4 atom stereocenters. The Morgan fingerprint density at radius 3 is 2.41 bits per heavy atom. The van der Waals surface area contributed by atoms with Gasteiger partial charge in [0.1, 0.15) is 5.82 Å². The molecule has 9 heteroatoms. The van der Waals surface area contributed by atoms with E-state index >= 15 is 0 Å². The smallest absolute Gasteiger partial charge is 0.241 e. The molecule has 1 aromatic heterocycles. The molecule has 2 amide bonds. The summed E-state index contributed by atoms with van der Waals surface area (Å²) in [6, 6.07) is 9.57. The van der Waals surface area contributed by atoms with E-state index in [-0.39, 0.29) is 41.2 Å². The molecule has 0 aliphatic carbocycles. The molecule has 4 heterocycles. The molecule has 1 N–H and O–H groups in total. The van der Waals surface area contributed by atoms with Crippen LogP contribution in [0.4, 0.5) is 10.1 Å². The van der Waals surface area contributed by atoms with Gasteiger partial charge in [-0.3, -0.25) is 24.4 Å². The van der Waals surface area contributed by atoms with E-state index < -0.39 is 0 Å². The molecule has 0 bridgehead atoms. The molecule has 0 saturated carbocycles. The van der Waals surface area contributed by atoms with Crippen molar-refractivity contribution in [3.63, 3.8) is 0 Å². The molecule has 0 spiro atoms. The molecule has 8 nitrogen and oxygen atoms in total. The van der Waals surface area contributed by atoms with E-state index in [9.17, 15) is 14.0 Å². The molecule has 2 fully saturated rings. The number of pyridine rings is 1. The van der Waals surface area contributed by atoms with E-state index in [2.05, 4.69) is 49.7 Å². The number of hydrogen-bond acceptors (Lipinski definition) is 6. The van der Waals surface area contributed by atoms with Crippen molar-refractivity contribution in [1.29, 1.82) is 0 Å². The summed E-state index contributed by atoms with van der Waals surface area (Å²) >= 11 is 0. The lowest BCUT2D eigenvalue weighted by Gasteiger charge is -2.48. The Kier molecular flexibility index (Phi) is 8.51. The first-order valence-electron chi connectivity index (χ1n) is 14.9. The van der Waals surface area contributed by atoms with Crippen LogP contribution in [0, 0.1) is 5.82 Å². The van der Waals surface area contributed by atoms with E-state index in [0.717, 1.165) is 55.2 Å². The lowest BCUT2D eigenvalue weighted by molar-refractivity contribution is -0.133. The maximum absolute atomic E-state index is 14.0. The fourth-order valence-corrected chi connectivity index (χ4v) is 6.81. The van der Waals surface area contributed by atoms with Gasteiger partial charge in [0.2, 0.25) is 11.8 Å². The standard InChI is InChI=1S/C32H45FN6O2/c1-21-15-37(28(13-34-21)18-38-22(2)16-36(24(4)40)17-23(38)3)19-31(41)39-20-32(5,6)29-14-35-27(12-30(29)39)11-25-7-9-26(33)10-8-25/h7-10,12,14,21-23,28,34H,11,13,15-20H2,1-6H3. The van der Waals surface area contributed by atoms with Crippen LogP contribution in [0.25, 0.3) is 0 Å². The first-order chi connectivity index (χ1) is 19.4. The van der Waals surface area contributed by atoms with Crippen molar-refractivity contribution in [2.45, 2.75) is 77.5 Å². The number of carbonyl (C=O) groups is 2. The fraction of sp³-hybridized carbons (Fsp3) is 0.594. The predicted molar refractivity (Wildman–Crippen MR) is 160 cm³/mol. The quantitative estimate of drug-likeness (QED) is 0.582. The largest absolute Gasteiger partial charge is 0.340 e. The molecule has 222 valence electrons. The number of rotatable bonds is 6. The van der Waals surface area contributed by atoms with Gasteiger partial charge in [0.25, 0.3) is 0 Å². The molecule has 0 radical (unpaired) electrons. The van der Waals surface area contributed by atoms with E-state index in [4.69, 9.17) is 4.98 Å². The first kappa shape index (κ1) is 29.6. The Labute approximate surface area is 243 Å². The van der Waals surface area contributed by atoms with Gasteiger partial charge in [0.15, 0.2) is 0 Å². The molecule has 2 saturated heterocycles. The monoisotopic (exact) mass is 564 g/mol. The number of benzene rings is 1. The SMILES string of the molecule is CC(=O)N1CC(C)N(CC2CNC(C)CN2CC(=O)N2CC(C)(C)c3cnc(Cc4ccc(F)cc4)cc32)C(C)C1. The summed E-state index contributed by atoms with van der Waals surface area (Å²) in [6.45, 7) is 17.5. The van der Waals surface area contributed by atoms with Gasteiger partial charge in [-0.15, -0.1) is 0 Å². The summed E-state index contributed by atoms with van der Waals surface area (Å²) in [5.41, 5.74) is 3.69. The van der Waals surface area contributed by atoms with E-state index in [0.29, 0.717) is 25.6 Å². The zero-order valence-corrected chi connectivity index (χ0v) is 25.4. The van der Waals surface area contributed by atoms with Crippen molar-refractivity contribution < 1.29 is 14.0 Å². The van der Waals surface area contributed by atoms with E-state index in [1.54, 1.807) is 19.1 Å². The molecule has 2 aromatic rings. The normalized spacial score (nSPS) is 26.7. The third kappa shape index (κ3) is 6.47. The molecular weight excluding hydrogens is 519 g/mol. The minimum absolute atomic E-state index is 0.109. The number of carbonyl (C=O) groups excluding carboxylic acids is 2. The fourth-order valence-electron chi connectivity index (χ4n) is 6.81. The zero-order valence-electron chi connectivity index (χ0n) is 25.4. The first-order valence-corrected chi connectivity index (χ1v) is 14.9. The van der Waals surface area contributed by atoms with E-state index in [1.807, 2.05) is 22.1 Å². The average Bonchev–Trinajstić information content (AvgIpc) is 3.18. The number of amides is 2. The number of piperazine rings is 2. The number of halogens is 1. The van der Waals surface area contributed by atoms with Gasteiger partial charge in [0, 0.05) is 99.6 Å². The highest BCUT2D eigenvalue weighted by Gasteiger charge is 2.41. The van der Waals surface area contributed by atoms with Gasteiger partial charge in [-0.2, -0.15) is 0 Å². The van der Waals surface area contributed by atoms with Gasteiger partial charge >= 0.3 is 0 Å². The number of anilines is 1. The molecule has 3 aliphatic rings. The second-order valence-electron chi connectivity index (χ2n) is 13.1. The van der Waals surface area contributed by atoms with Gasteiger partial charge in [-0.25, -0.2) is 4.39 Å². The zero-order chi connectivity index (χ0) is 29.5. The highest BCUT2D eigenvalue weighted by atomic mass is 19.1. The Morgan fingerprint density at radius 1 is 1.07 bits per heavy atom. The molecular formula is C32H45FN6O2. The summed E-state index contributed by atoms with van der Waals surface area (Å²) in [5, 5.41) is 3.62. The molecule has 41 heavy (non-hydrogen) atoms. The summed E-state index contributed by atoms with van der Waals surface area (Å²) in [7, 11) is 0. The minimum atomic E-state index is -0.253. The van der Waals surface area contributed by atoms with Crippen molar-refractivity contribution in [3.8, 4) is 0 Å². The van der Waals surface area contributed by atoms with Crippen LogP contribution in [0.15, 0.2) is 36.5 Å². The van der Waals surface area contributed by atoms with Crippen LogP contribution < -0.4 is 10.2 Å². The highest BCUT2D eigenvalue weighted by molar-refractivity contribution is 5.97. The Bertz CT molecular complexity index is 1260. The topological polar surface area (TPSA) is 72.0 Å². The summed E-state index contributed by atoms with van der Waals surface area (Å²) < 4.78 is 13.4. The van der Waals surface area contributed by atoms with Crippen LogP contribution in [0.1, 0.15) is 58.4 Å². The van der Waals surface area contributed by atoms with Gasteiger partial charge in [-0.1, -0.05) is 26.0 Å². The second kappa shape index (κ2) is 11.8. The van der Waals surface area contributed by atoms with Crippen molar-refractivity contribution in [1.82, 2.24) is 25.0 Å². The highest BCUT2D eigenvalue weighted by Crippen LogP contribution is 2.40. The number of aromatic nitrogens is 1. The maximum atomic E-state index is 14.0. The van der Waals surface area contributed by atoms with Crippen LogP contribution in [-0.2, 0) is 21.4 Å². The maximum Gasteiger partial charge on any atom is 0.241 e. The molecule has 5 rings (SSSR count). The van der Waals surface area contributed by atoms with Crippen LogP contribution in [0.3, 0.4) is 0 Å². The minimum Gasteiger partial charge on any atom is -0.340 e. The number of nitrogens with one attached hydrogen (secondary N) is 1.